The van der Waals surface area contributed by atoms with Crippen LogP contribution in [0.4, 0.5) is 5.13 Å². The lowest BCUT2D eigenvalue weighted by molar-refractivity contribution is 0.601. The van der Waals surface area contributed by atoms with Crippen LogP contribution >= 0.6 is 22.7 Å². The van der Waals surface area contributed by atoms with Gasteiger partial charge >= 0.3 is 0 Å². The monoisotopic (exact) mass is 346 g/mol. The van der Waals surface area contributed by atoms with Crippen LogP contribution in [-0.2, 0) is 16.6 Å². The number of nitrogens with zero attached hydrogens (tertiary/aromatic N) is 2. The van der Waals surface area contributed by atoms with E-state index in [0.29, 0.717) is 16.6 Å². The van der Waals surface area contributed by atoms with Crippen molar-refractivity contribution < 1.29 is 8.42 Å². The second kappa shape index (κ2) is 6.82. The summed E-state index contributed by atoms with van der Waals surface area (Å²) in [5.41, 5.74) is 0. The topological polar surface area (TPSA) is 84.0 Å². The molecule has 0 spiro atoms. The van der Waals surface area contributed by atoms with Gasteiger partial charge in [-0.15, -0.1) is 21.5 Å². The highest BCUT2D eigenvalue weighted by Crippen LogP contribution is 2.28. The van der Waals surface area contributed by atoms with E-state index >= 15 is 0 Å². The number of sulfonamides is 1. The lowest BCUT2D eigenvalue weighted by Crippen LogP contribution is -2.14. The van der Waals surface area contributed by atoms with Crippen molar-refractivity contribution in [2.75, 3.05) is 11.3 Å². The highest BCUT2D eigenvalue weighted by atomic mass is 32.2. The predicted octanol–water partition coefficient (Wildman–Crippen LogP) is 2.52. The number of hydrogen-bond acceptors (Lipinski definition) is 7. The Bertz CT molecular complexity index is 706. The highest BCUT2D eigenvalue weighted by molar-refractivity contribution is 7.93. The minimum atomic E-state index is -3.60. The zero-order valence-corrected chi connectivity index (χ0v) is 14.6. The molecule has 0 saturated heterocycles. The fourth-order valence-electron chi connectivity index (χ4n) is 1.77. The summed E-state index contributed by atoms with van der Waals surface area (Å²) in [5.74, 6) is 0. The highest BCUT2D eigenvalue weighted by Gasteiger charge is 2.21. The van der Waals surface area contributed by atoms with E-state index in [1.807, 2.05) is 6.92 Å². The Kier molecular flexibility index (Phi) is 5.31. The second-order valence-corrected chi connectivity index (χ2v) is 8.72. The average molecular weight is 347 g/mol. The van der Waals surface area contributed by atoms with Crippen LogP contribution < -0.4 is 10.0 Å². The van der Waals surface area contributed by atoms with Gasteiger partial charge in [0, 0.05) is 16.3 Å². The maximum Gasteiger partial charge on any atom is 0.264 e. The minimum absolute atomic E-state index is 0.295. The van der Waals surface area contributed by atoms with Crippen molar-refractivity contribution in [2.24, 2.45) is 0 Å². The van der Waals surface area contributed by atoms with E-state index in [2.05, 4.69) is 27.2 Å². The molecule has 116 valence electrons. The molecular weight excluding hydrogens is 328 g/mol. The third-order valence-corrected chi connectivity index (χ3v) is 6.21. The number of aryl methyl sites for hydroxylation is 2. The molecule has 0 aliphatic rings. The van der Waals surface area contributed by atoms with Gasteiger partial charge in [0.1, 0.15) is 9.90 Å². The summed E-state index contributed by atoms with van der Waals surface area (Å²) in [5, 5.41) is 11.9. The van der Waals surface area contributed by atoms with Gasteiger partial charge in [0.25, 0.3) is 10.0 Å². The molecule has 0 bridgehead atoms. The van der Waals surface area contributed by atoms with Gasteiger partial charge in [0.2, 0.25) is 5.13 Å². The normalized spacial score (nSPS) is 11.8. The average Bonchev–Trinajstić information content (AvgIpc) is 2.96. The van der Waals surface area contributed by atoms with Gasteiger partial charge in [-0.3, -0.25) is 4.72 Å². The maximum atomic E-state index is 12.4. The lowest BCUT2D eigenvalue weighted by atomic mass is 10.4. The summed E-state index contributed by atoms with van der Waals surface area (Å²) in [6.45, 7) is 7.29. The predicted molar refractivity (Wildman–Crippen MR) is 86.5 cm³/mol. The molecular formula is C12H18N4O2S3. The van der Waals surface area contributed by atoms with Crippen molar-refractivity contribution in [3.63, 3.8) is 0 Å². The molecule has 6 nitrogen and oxygen atoms in total. The molecule has 21 heavy (non-hydrogen) atoms. The molecule has 0 saturated carbocycles. The Balaban J connectivity index is 2.16. The molecule has 0 aliphatic carbocycles. The largest absolute Gasteiger partial charge is 0.312 e. The van der Waals surface area contributed by atoms with Gasteiger partial charge in [-0.2, -0.15) is 0 Å². The van der Waals surface area contributed by atoms with E-state index in [9.17, 15) is 8.42 Å². The van der Waals surface area contributed by atoms with Gasteiger partial charge in [0.05, 0.1) is 0 Å². The lowest BCUT2D eigenvalue weighted by Gasteiger charge is -2.03. The SMILES string of the molecule is CCCNCc1cc(S(=O)(=O)Nc2nnc(C)s2)c(C)s1. The van der Waals surface area contributed by atoms with Gasteiger partial charge in [-0.25, -0.2) is 8.42 Å². The van der Waals surface area contributed by atoms with Crippen molar-refractivity contribution in [3.05, 3.63) is 20.8 Å². The van der Waals surface area contributed by atoms with E-state index in [1.54, 1.807) is 13.0 Å². The molecule has 0 amide bonds. The van der Waals surface area contributed by atoms with Crippen molar-refractivity contribution in [3.8, 4) is 0 Å². The van der Waals surface area contributed by atoms with Crippen LogP contribution in [0.3, 0.4) is 0 Å². The Morgan fingerprint density at radius 3 is 2.62 bits per heavy atom. The van der Waals surface area contributed by atoms with Crippen LogP contribution in [0.2, 0.25) is 0 Å². The minimum Gasteiger partial charge on any atom is -0.312 e. The Morgan fingerprint density at radius 1 is 1.24 bits per heavy atom. The van der Waals surface area contributed by atoms with E-state index in [0.717, 1.165) is 27.7 Å². The van der Waals surface area contributed by atoms with Gasteiger partial charge in [-0.1, -0.05) is 18.3 Å². The van der Waals surface area contributed by atoms with Crippen LogP contribution in [-0.4, -0.2) is 25.2 Å². The third kappa shape index (κ3) is 4.22. The standard InChI is InChI=1S/C12H18N4O2S3/c1-4-5-13-7-10-6-11(8(2)19-10)21(17,18)16-12-15-14-9(3)20-12/h6,13H,4-5,7H2,1-3H3,(H,15,16). The number of hydrogen-bond donors (Lipinski definition) is 2. The first-order valence-corrected chi connectivity index (χ1v) is 9.67. The van der Waals surface area contributed by atoms with Crippen LogP contribution in [0.5, 0.6) is 0 Å². The first kappa shape index (κ1) is 16.3. The first-order chi connectivity index (χ1) is 9.92. The number of aromatic nitrogens is 2. The Morgan fingerprint density at radius 2 is 2.00 bits per heavy atom. The summed E-state index contributed by atoms with van der Waals surface area (Å²) in [7, 11) is -3.60. The molecule has 0 radical (unpaired) electrons. The zero-order valence-electron chi connectivity index (χ0n) is 12.1. The number of rotatable bonds is 7. The fraction of sp³-hybridized carbons (Fsp3) is 0.500. The molecule has 0 aromatic carbocycles. The van der Waals surface area contributed by atoms with Gasteiger partial charge in [0.15, 0.2) is 0 Å². The molecule has 2 N–H and O–H groups in total. The number of anilines is 1. The summed E-state index contributed by atoms with van der Waals surface area (Å²) < 4.78 is 27.3. The van der Waals surface area contributed by atoms with E-state index < -0.39 is 10.0 Å². The van der Waals surface area contributed by atoms with Crippen molar-refractivity contribution in [1.82, 2.24) is 15.5 Å². The van der Waals surface area contributed by atoms with Crippen molar-refractivity contribution >= 4 is 37.8 Å². The molecule has 0 atom stereocenters. The summed E-state index contributed by atoms with van der Waals surface area (Å²) in [4.78, 5) is 2.10. The second-order valence-electron chi connectivity index (χ2n) is 4.54. The van der Waals surface area contributed by atoms with Crippen LogP contribution in [0.15, 0.2) is 11.0 Å². The summed E-state index contributed by atoms with van der Waals surface area (Å²) >= 11 is 2.71. The number of nitrogens with one attached hydrogen (secondary N) is 2. The third-order valence-electron chi connectivity index (χ3n) is 2.69. The molecule has 0 unspecified atom stereocenters. The van der Waals surface area contributed by atoms with Crippen molar-refractivity contribution in [1.29, 1.82) is 0 Å². The number of thiophene rings is 1. The smallest absolute Gasteiger partial charge is 0.264 e. The van der Waals surface area contributed by atoms with Gasteiger partial charge < -0.3 is 5.32 Å². The fourth-order valence-corrected chi connectivity index (χ4v) is 5.20. The molecule has 2 aromatic heterocycles. The van der Waals surface area contributed by atoms with Crippen molar-refractivity contribution in [2.45, 2.75) is 38.6 Å². The van der Waals surface area contributed by atoms with Gasteiger partial charge in [-0.05, 0) is 32.9 Å². The molecule has 2 heterocycles. The zero-order chi connectivity index (χ0) is 15.5. The Labute approximate surface area is 132 Å². The summed E-state index contributed by atoms with van der Waals surface area (Å²) in [6, 6.07) is 1.72. The quantitative estimate of drug-likeness (QED) is 0.753. The molecule has 2 aromatic rings. The Hall–Kier alpha value is -1.03. The maximum absolute atomic E-state index is 12.4. The van der Waals surface area contributed by atoms with Crippen LogP contribution in [0, 0.1) is 13.8 Å². The van der Waals surface area contributed by atoms with Crippen LogP contribution in [0.25, 0.3) is 0 Å². The molecule has 2 rings (SSSR count). The molecule has 0 fully saturated rings. The molecule has 9 heteroatoms. The van der Waals surface area contributed by atoms with E-state index in [4.69, 9.17) is 0 Å². The summed E-state index contributed by atoms with van der Waals surface area (Å²) in [6.07, 6.45) is 1.05. The molecule has 0 aliphatic heterocycles. The first-order valence-electron chi connectivity index (χ1n) is 6.55. The van der Waals surface area contributed by atoms with E-state index in [-0.39, 0.29) is 0 Å². The van der Waals surface area contributed by atoms with Crippen LogP contribution in [0.1, 0.15) is 28.1 Å². The van der Waals surface area contributed by atoms with E-state index in [1.165, 1.54) is 22.7 Å².